The zero-order chi connectivity index (χ0) is 12.4. The number of aliphatic hydroxyl groups is 1. The van der Waals surface area contributed by atoms with E-state index >= 15 is 0 Å². The minimum atomic E-state index is -1.03. The highest BCUT2D eigenvalue weighted by molar-refractivity contribution is 6.30. The molecule has 0 aliphatic heterocycles. The summed E-state index contributed by atoms with van der Waals surface area (Å²) in [7, 11) is 0. The lowest BCUT2D eigenvalue weighted by Crippen LogP contribution is -2.04. The maximum absolute atomic E-state index is 13.5. The summed E-state index contributed by atoms with van der Waals surface area (Å²) in [6, 6.07) is 6.62. The number of benzene rings is 1. The van der Waals surface area contributed by atoms with Crippen molar-refractivity contribution in [2.24, 2.45) is 0 Å². The summed E-state index contributed by atoms with van der Waals surface area (Å²) in [6.07, 6.45) is 1.50. The summed E-state index contributed by atoms with van der Waals surface area (Å²) >= 11 is 5.87. The van der Waals surface area contributed by atoms with E-state index in [9.17, 15) is 9.50 Å². The zero-order valence-electron chi connectivity index (χ0n) is 9.19. The van der Waals surface area contributed by atoms with Gasteiger partial charge in [-0.2, -0.15) is 0 Å². The zero-order valence-corrected chi connectivity index (χ0v) is 9.95. The Morgan fingerprint density at radius 1 is 1.29 bits per heavy atom. The number of hydrogen-bond donors (Lipinski definition) is 1. The van der Waals surface area contributed by atoms with Crippen molar-refractivity contribution in [3.8, 4) is 0 Å². The minimum absolute atomic E-state index is 0.199. The monoisotopic (exact) mass is 251 g/mol. The van der Waals surface area contributed by atoms with Crippen molar-refractivity contribution in [3.05, 3.63) is 64.2 Å². The predicted octanol–water partition coefficient (Wildman–Crippen LogP) is 3.26. The molecule has 0 bridgehead atoms. The minimum Gasteiger partial charge on any atom is -0.384 e. The lowest BCUT2D eigenvalue weighted by molar-refractivity contribution is 0.214. The average Bonchev–Trinajstić information content (AvgIpc) is 2.32. The van der Waals surface area contributed by atoms with E-state index in [2.05, 4.69) is 4.98 Å². The highest BCUT2D eigenvalue weighted by atomic mass is 35.5. The van der Waals surface area contributed by atoms with Crippen molar-refractivity contribution < 1.29 is 9.50 Å². The third-order valence-corrected chi connectivity index (χ3v) is 2.87. The summed E-state index contributed by atoms with van der Waals surface area (Å²) in [5.41, 5.74) is 1.66. The molecule has 1 unspecified atom stereocenters. The first-order valence-corrected chi connectivity index (χ1v) is 5.51. The van der Waals surface area contributed by atoms with Crippen LogP contribution in [0, 0.1) is 12.7 Å². The van der Waals surface area contributed by atoms with Crippen molar-refractivity contribution in [2.75, 3.05) is 0 Å². The fourth-order valence-corrected chi connectivity index (χ4v) is 1.86. The van der Waals surface area contributed by atoms with Gasteiger partial charge >= 0.3 is 0 Å². The number of hydrogen-bond acceptors (Lipinski definition) is 2. The smallest absolute Gasteiger partial charge is 0.147 e. The van der Waals surface area contributed by atoms with Crippen LogP contribution in [-0.2, 0) is 0 Å². The Bertz CT molecular complexity index is 545. The second kappa shape index (κ2) is 4.82. The van der Waals surface area contributed by atoms with Crippen LogP contribution in [0.4, 0.5) is 4.39 Å². The molecule has 2 aromatic rings. The quantitative estimate of drug-likeness (QED) is 0.889. The van der Waals surface area contributed by atoms with Gasteiger partial charge in [0.1, 0.15) is 11.9 Å². The molecule has 0 amide bonds. The van der Waals surface area contributed by atoms with Crippen LogP contribution in [-0.4, -0.2) is 10.1 Å². The van der Waals surface area contributed by atoms with Gasteiger partial charge in [0.05, 0.1) is 6.20 Å². The first-order valence-electron chi connectivity index (χ1n) is 5.13. The van der Waals surface area contributed by atoms with E-state index in [0.29, 0.717) is 10.6 Å². The Hall–Kier alpha value is -1.45. The van der Waals surface area contributed by atoms with Crippen LogP contribution in [0.2, 0.25) is 5.02 Å². The molecule has 0 aliphatic rings. The molecule has 0 aliphatic carbocycles. The molecule has 17 heavy (non-hydrogen) atoms. The highest BCUT2D eigenvalue weighted by Crippen LogP contribution is 2.28. The summed E-state index contributed by atoms with van der Waals surface area (Å²) in [5.74, 6) is -0.528. The first kappa shape index (κ1) is 12.0. The van der Waals surface area contributed by atoms with Crippen LogP contribution in [0.25, 0.3) is 0 Å². The van der Waals surface area contributed by atoms with E-state index < -0.39 is 11.9 Å². The van der Waals surface area contributed by atoms with Gasteiger partial charge in [-0.25, -0.2) is 4.39 Å². The molecular formula is C13H11ClFNO. The average molecular weight is 252 g/mol. The maximum atomic E-state index is 13.5. The van der Waals surface area contributed by atoms with E-state index in [0.717, 1.165) is 11.8 Å². The second-order valence-electron chi connectivity index (χ2n) is 3.80. The van der Waals surface area contributed by atoms with Gasteiger partial charge in [0, 0.05) is 16.8 Å². The van der Waals surface area contributed by atoms with Gasteiger partial charge in [0.2, 0.25) is 0 Å². The van der Waals surface area contributed by atoms with E-state index in [1.807, 2.05) is 6.92 Å². The van der Waals surface area contributed by atoms with E-state index in [1.54, 1.807) is 18.2 Å². The summed E-state index contributed by atoms with van der Waals surface area (Å²) in [4.78, 5) is 3.65. The fraction of sp³-hybridized carbons (Fsp3) is 0.154. The standard InChI is InChI=1S/C13H11ClFNO/c1-8-2-3-9(14)6-11(8)13(17)10-4-5-16-7-12(10)15/h2-7,13,17H,1H3. The van der Waals surface area contributed by atoms with Gasteiger partial charge < -0.3 is 5.11 Å². The lowest BCUT2D eigenvalue weighted by atomic mass is 9.98. The van der Waals surface area contributed by atoms with Gasteiger partial charge in [-0.3, -0.25) is 4.98 Å². The molecule has 1 N–H and O–H groups in total. The van der Waals surface area contributed by atoms with Gasteiger partial charge in [0.15, 0.2) is 0 Å². The van der Waals surface area contributed by atoms with E-state index in [4.69, 9.17) is 11.6 Å². The largest absolute Gasteiger partial charge is 0.384 e. The Morgan fingerprint density at radius 2 is 2.06 bits per heavy atom. The number of aryl methyl sites for hydroxylation is 1. The van der Waals surface area contributed by atoms with Crippen molar-refractivity contribution in [3.63, 3.8) is 0 Å². The number of nitrogens with zero attached hydrogens (tertiary/aromatic N) is 1. The van der Waals surface area contributed by atoms with Crippen molar-refractivity contribution in [1.82, 2.24) is 4.98 Å². The first-order chi connectivity index (χ1) is 8.09. The maximum Gasteiger partial charge on any atom is 0.147 e. The molecule has 0 saturated carbocycles. The second-order valence-corrected chi connectivity index (χ2v) is 4.24. The molecule has 4 heteroatoms. The van der Waals surface area contributed by atoms with Crippen LogP contribution in [0.15, 0.2) is 36.7 Å². The molecule has 1 atom stereocenters. The summed E-state index contributed by atoms with van der Waals surface area (Å²) in [5, 5.41) is 10.7. The molecule has 2 rings (SSSR count). The Balaban J connectivity index is 2.47. The van der Waals surface area contributed by atoms with Crippen LogP contribution in [0.1, 0.15) is 22.8 Å². The molecular weight excluding hydrogens is 241 g/mol. The number of rotatable bonds is 2. The molecule has 0 spiro atoms. The van der Waals surface area contributed by atoms with Gasteiger partial charge in [-0.1, -0.05) is 17.7 Å². The lowest BCUT2D eigenvalue weighted by Gasteiger charge is -2.14. The molecule has 1 aromatic heterocycles. The van der Waals surface area contributed by atoms with Gasteiger partial charge in [-0.05, 0) is 36.2 Å². The number of aromatic nitrogens is 1. The Kier molecular flexibility index (Phi) is 3.41. The third-order valence-electron chi connectivity index (χ3n) is 2.63. The normalized spacial score (nSPS) is 12.5. The summed E-state index contributed by atoms with van der Waals surface area (Å²) in [6.45, 7) is 1.84. The summed E-state index contributed by atoms with van der Waals surface area (Å²) < 4.78 is 13.5. The predicted molar refractivity (Wildman–Crippen MR) is 64.4 cm³/mol. The van der Waals surface area contributed by atoms with Crippen LogP contribution in [0.3, 0.4) is 0 Å². The van der Waals surface area contributed by atoms with Gasteiger partial charge in [-0.15, -0.1) is 0 Å². The Labute approximate surface area is 104 Å². The highest BCUT2D eigenvalue weighted by Gasteiger charge is 2.16. The Morgan fingerprint density at radius 3 is 2.76 bits per heavy atom. The molecule has 0 radical (unpaired) electrons. The molecule has 1 heterocycles. The molecule has 2 nitrogen and oxygen atoms in total. The van der Waals surface area contributed by atoms with Crippen LogP contribution < -0.4 is 0 Å². The number of halogens is 2. The van der Waals surface area contributed by atoms with E-state index in [1.165, 1.54) is 12.3 Å². The molecule has 0 fully saturated rings. The van der Waals surface area contributed by atoms with Crippen molar-refractivity contribution in [1.29, 1.82) is 0 Å². The fourth-order valence-electron chi connectivity index (χ4n) is 1.68. The molecule has 0 saturated heterocycles. The topological polar surface area (TPSA) is 33.1 Å². The number of aliphatic hydroxyl groups excluding tert-OH is 1. The number of pyridine rings is 1. The van der Waals surface area contributed by atoms with Crippen LogP contribution >= 0.6 is 11.6 Å². The van der Waals surface area contributed by atoms with Crippen molar-refractivity contribution in [2.45, 2.75) is 13.0 Å². The van der Waals surface area contributed by atoms with Crippen molar-refractivity contribution >= 4 is 11.6 Å². The third kappa shape index (κ3) is 2.46. The molecule has 1 aromatic carbocycles. The van der Waals surface area contributed by atoms with Crippen LogP contribution in [0.5, 0.6) is 0 Å². The molecule has 88 valence electrons. The van der Waals surface area contributed by atoms with E-state index in [-0.39, 0.29) is 5.56 Å². The van der Waals surface area contributed by atoms with Gasteiger partial charge in [0.25, 0.3) is 0 Å². The SMILES string of the molecule is Cc1ccc(Cl)cc1C(O)c1ccncc1F.